The Morgan fingerprint density at radius 3 is 1.51 bits per heavy atom. The van der Waals surface area contributed by atoms with Crippen LogP contribution in [0.4, 0.5) is 5.69 Å². The molecule has 3 heterocycles. The van der Waals surface area contributed by atoms with E-state index >= 15 is 0 Å². The van der Waals surface area contributed by atoms with Gasteiger partial charge in [0.25, 0.3) is 0 Å². The molecule has 3 aromatic heterocycles. The van der Waals surface area contributed by atoms with Crippen molar-refractivity contribution < 1.29 is 4.42 Å². The summed E-state index contributed by atoms with van der Waals surface area (Å²) in [6.45, 7) is 8.48. The zero-order chi connectivity index (χ0) is 31.1. The topological polar surface area (TPSA) is 27.4 Å². The predicted octanol–water partition coefficient (Wildman–Crippen LogP) is 12.0. The summed E-state index contributed by atoms with van der Waals surface area (Å²) in [6.07, 6.45) is 0. The van der Waals surface area contributed by atoms with Gasteiger partial charge >= 0.3 is 0 Å². The molecule has 47 heavy (non-hydrogen) atoms. The van der Waals surface area contributed by atoms with Crippen LogP contribution in [0.5, 0.6) is 0 Å². The average Bonchev–Trinajstić information content (AvgIpc) is 3.80. The van der Waals surface area contributed by atoms with Gasteiger partial charge in [-0.15, -0.1) is 0 Å². The smallest absolute Gasteiger partial charge is 0.200 e. The van der Waals surface area contributed by atoms with E-state index < -0.39 is 0 Å². The van der Waals surface area contributed by atoms with E-state index in [0.717, 1.165) is 71.7 Å². The average molecular weight is 600 g/mol. The first kappa shape index (κ1) is 25.7. The van der Waals surface area contributed by atoms with Gasteiger partial charge in [-0.1, -0.05) is 121 Å². The second-order valence-corrected chi connectivity index (χ2v) is 12.0. The first-order chi connectivity index (χ1) is 23.3. The van der Waals surface area contributed by atoms with E-state index in [1.165, 1.54) is 10.8 Å². The third-order valence-electron chi connectivity index (χ3n) is 9.53. The van der Waals surface area contributed by atoms with Gasteiger partial charge in [-0.2, -0.15) is 0 Å². The molecule has 0 atom stereocenters. The van der Waals surface area contributed by atoms with Gasteiger partial charge in [0, 0.05) is 37.9 Å². The molecule has 10 aromatic rings. The molecule has 0 amide bonds. The number of hydrogen-bond acceptors (Lipinski definition) is 1. The van der Waals surface area contributed by atoms with Crippen molar-refractivity contribution in [2.75, 3.05) is 0 Å². The molecule has 0 saturated carbocycles. The highest BCUT2D eigenvalue weighted by molar-refractivity contribution is 6.20. The molecule has 0 radical (unpaired) electrons. The van der Waals surface area contributed by atoms with Crippen LogP contribution in [0.2, 0.25) is 0 Å². The number of furan rings is 1. The molecule has 0 aliphatic heterocycles. The van der Waals surface area contributed by atoms with Gasteiger partial charge in [-0.05, 0) is 35.9 Å². The van der Waals surface area contributed by atoms with Crippen molar-refractivity contribution in [3.63, 3.8) is 0 Å². The molecule has 0 N–H and O–H groups in total. The maximum absolute atomic E-state index is 8.48. The van der Waals surface area contributed by atoms with Crippen molar-refractivity contribution in [1.29, 1.82) is 0 Å². The van der Waals surface area contributed by atoms with Crippen molar-refractivity contribution in [1.82, 2.24) is 9.13 Å². The Kier molecular flexibility index (Phi) is 5.32. The van der Waals surface area contributed by atoms with Crippen molar-refractivity contribution >= 4 is 71.2 Å². The van der Waals surface area contributed by atoms with Crippen LogP contribution >= 0.6 is 0 Å². The fraction of sp³-hybridized carbons (Fsp3) is 0. The SMILES string of the molecule is [C-]#[N+]c1cc(-n2c3ccccc3c3ccccc32)c(-n2c3ccccc3c3ccccc32)c2oc3c(-c4ccccc4)cccc3c12. The standard InChI is InChI=1S/C43H25N3O/c1-44-34-26-39(45-35-22-9-5-16-29(35)30-17-6-10-23-36(30)45)41(46-37-24-11-7-18-31(37)32-19-8-12-25-38(32)46)43-40(34)33-21-13-20-28(42(33)47-43)27-14-3-2-4-15-27/h2-26H. The molecule has 218 valence electrons. The van der Waals surface area contributed by atoms with E-state index in [4.69, 9.17) is 11.0 Å². The Morgan fingerprint density at radius 2 is 0.957 bits per heavy atom. The minimum Gasteiger partial charge on any atom is -0.455 e. The molecule has 0 aliphatic carbocycles. The number of rotatable bonds is 3. The molecule has 0 fully saturated rings. The van der Waals surface area contributed by atoms with Gasteiger partial charge in [-0.3, -0.25) is 0 Å². The van der Waals surface area contributed by atoms with Crippen LogP contribution in [-0.4, -0.2) is 9.13 Å². The maximum atomic E-state index is 8.48. The van der Waals surface area contributed by atoms with E-state index in [2.05, 4.69) is 147 Å². The molecule has 0 unspecified atom stereocenters. The van der Waals surface area contributed by atoms with Gasteiger partial charge in [0.1, 0.15) is 11.3 Å². The van der Waals surface area contributed by atoms with Gasteiger partial charge < -0.3 is 13.6 Å². The summed E-state index contributed by atoms with van der Waals surface area (Å²) >= 11 is 0. The molecular formula is C43H25N3O. The minimum atomic E-state index is 0.561. The Bertz CT molecular complexity index is 2810. The molecule has 0 aliphatic rings. The summed E-state index contributed by atoms with van der Waals surface area (Å²) in [4.78, 5) is 4.17. The van der Waals surface area contributed by atoms with Crippen LogP contribution in [0.1, 0.15) is 0 Å². The van der Waals surface area contributed by atoms with Crippen LogP contribution in [0, 0.1) is 6.57 Å². The fourth-order valence-corrected chi connectivity index (χ4v) is 7.59. The highest BCUT2D eigenvalue weighted by Gasteiger charge is 2.27. The lowest BCUT2D eigenvalue weighted by Gasteiger charge is -2.18. The summed E-state index contributed by atoms with van der Waals surface area (Å²) < 4.78 is 11.8. The summed E-state index contributed by atoms with van der Waals surface area (Å²) in [5, 5.41) is 6.42. The summed E-state index contributed by atoms with van der Waals surface area (Å²) in [5.74, 6) is 0. The second-order valence-electron chi connectivity index (χ2n) is 12.0. The molecule has 0 spiro atoms. The monoisotopic (exact) mass is 599 g/mol. The van der Waals surface area contributed by atoms with E-state index in [-0.39, 0.29) is 0 Å². The van der Waals surface area contributed by atoms with Gasteiger partial charge in [0.2, 0.25) is 5.69 Å². The lowest BCUT2D eigenvalue weighted by Crippen LogP contribution is -2.04. The largest absolute Gasteiger partial charge is 0.455 e. The predicted molar refractivity (Wildman–Crippen MR) is 194 cm³/mol. The van der Waals surface area contributed by atoms with Gasteiger partial charge in [0.05, 0.1) is 34.3 Å². The molecule has 0 bridgehead atoms. The van der Waals surface area contributed by atoms with Crippen LogP contribution in [0.3, 0.4) is 0 Å². The Balaban J connectivity index is 1.48. The summed E-state index contributed by atoms with van der Waals surface area (Å²) in [6, 6.07) is 52.8. The van der Waals surface area contributed by atoms with E-state index in [0.29, 0.717) is 11.3 Å². The minimum absolute atomic E-state index is 0.561. The Labute approximate surface area is 269 Å². The molecule has 0 saturated heterocycles. The molecule has 10 rings (SSSR count). The Hall–Kier alpha value is -6.57. The van der Waals surface area contributed by atoms with E-state index in [1.807, 2.05) is 18.2 Å². The molecule has 4 heteroatoms. The van der Waals surface area contributed by atoms with E-state index in [9.17, 15) is 0 Å². The number of benzene rings is 7. The van der Waals surface area contributed by atoms with Crippen LogP contribution in [0.25, 0.3) is 92.9 Å². The number of nitrogens with zero attached hydrogens (tertiary/aromatic N) is 3. The Morgan fingerprint density at radius 1 is 0.468 bits per heavy atom. The van der Waals surface area contributed by atoms with Crippen molar-refractivity contribution in [2.45, 2.75) is 0 Å². The quantitative estimate of drug-likeness (QED) is 0.186. The maximum Gasteiger partial charge on any atom is 0.200 e. The zero-order valence-electron chi connectivity index (χ0n) is 25.2. The van der Waals surface area contributed by atoms with E-state index in [1.54, 1.807) is 0 Å². The van der Waals surface area contributed by atoms with Gasteiger partial charge in [-0.25, -0.2) is 4.85 Å². The van der Waals surface area contributed by atoms with Crippen molar-refractivity contribution in [3.8, 4) is 22.5 Å². The van der Waals surface area contributed by atoms with Gasteiger partial charge in [0.15, 0.2) is 5.58 Å². The third kappa shape index (κ3) is 3.51. The van der Waals surface area contributed by atoms with Crippen LogP contribution in [-0.2, 0) is 0 Å². The van der Waals surface area contributed by atoms with Crippen LogP contribution in [0.15, 0.2) is 156 Å². The lowest BCUT2D eigenvalue weighted by atomic mass is 10.0. The molecule has 4 nitrogen and oxygen atoms in total. The van der Waals surface area contributed by atoms with Crippen molar-refractivity contribution in [2.24, 2.45) is 0 Å². The molecule has 7 aromatic carbocycles. The van der Waals surface area contributed by atoms with Crippen molar-refractivity contribution in [3.05, 3.63) is 163 Å². The van der Waals surface area contributed by atoms with Crippen LogP contribution < -0.4 is 0 Å². The lowest BCUT2D eigenvalue weighted by molar-refractivity contribution is 0.667. The first-order valence-corrected chi connectivity index (χ1v) is 15.7. The summed E-state index contributed by atoms with van der Waals surface area (Å²) in [5.41, 5.74) is 10.2. The fourth-order valence-electron chi connectivity index (χ4n) is 7.59. The summed E-state index contributed by atoms with van der Waals surface area (Å²) in [7, 11) is 0. The second kappa shape index (κ2) is 9.71. The number of aromatic nitrogens is 2. The highest BCUT2D eigenvalue weighted by atomic mass is 16.3. The number of hydrogen-bond donors (Lipinski definition) is 0. The normalized spacial score (nSPS) is 11.8. The highest BCUT2D eigenvalue weighted by Crippen LogP contribution is 2.48. The first-order valence-electron chi connectivity index (χ1n) is 15.7. The number of fused-ring (bicyclic) bond motifs is 9. The zero-order valence-corrected chi connectivity index (χ0v) is 25.2. The molecular weight excluding hydrogens is 574 g/mol. The third-order valence-corrected chi connectivity index (χ3v) is 9.53. The number of para-hydroxylation sites is 5.